The Hall–Kier alpha value is -5.03. The first-order valence-electron chi connectivity index (χ1n) is 24.3. The quantitative estimate of drug-likeness (QED) is 0.152. The molecular formula is C60H68N3O2PS. The second kappa shape index (κ2) is 13.4. The van der Waals surface area contributed by atoms with Gasteiger partial charge in [0.1, 0.15) is 11.4 Å². The van der Waals surface area contributed by atoms with Crippen LogP contribution in [0.2, 0.25) is 0 Å². The molecule has 0 N–H and O–H groups in total. The summed E-state index contributed by atoms with van der Waals surface area (Å²) in [7, 11) is 0. The molecule has 0 spiro atoms. The molecule has 5 aliphatic rings. The standard InChI is InChI=1S/C60H68N3O2PS/c1-55(2,3)33-19-23-37(24-20-33)61-44-31-38(59(13,14)15)50-48-53(44)66(67)52-42(62(48)40-25-21-34(56(4,5)6)29-46(40)64-50)27-36(58(10,11)12)28-43(52)63-41-26-22-35(57(7,8)9)30-47(41)65-51-39(60(16,17)18)32-45(61)54(66)49(51)63/h19-32H,1-18H3. The van der Waals surface area contributed by atoms with Gasteiger partial charge in [0.15, 0.2) is 23.0 Å². The Morgan fingerprint density at radius 1 is 0.358 bits per heavy atom. The van der Waals surface area contributed by atoms with E-state index in [4.69, 9.17) is 21.3 Å². The summed E-state index contributed by atoms with van der Waals surface area (Å²) >= 11 is 7.79. The van der Waals surface area contributed by atoms with E-state index in [0.717, 1.165) is 85.3 Å². The molecule has 6 aromatic carbocycles. The molecule has 0 fully saturated rings. The number of anilines is 9. The van der Waals surface area contributed by atoms with Gasteiger partial charge in [0.2, 0.25) is 0 Å². The predicted molar refractivity (Wildman–Crippen MR) is 290 cm³/mol. The SMILES string of the molecule is CC(C)(C)c1ccc(N2c3cc(C(C)(C)C)c4c5c3P3(=S)c6c(cc(C(C)(C)C)cc6N6c7ccc(C(C)(C)C)cc7Oc7c(C(C)(C)C)cc2c3c76)N5c2ccc(C(C)(C)C)cc2O4)cc1. The molecule has 0 unspecified atom stereocenters. The minimum Gasteiger partial charge on any atom is -0.453 e. The molecule has 0 atom stereocenters. The van der Waals surface area contributed by atoms with Crippen molar-refractivity contribution in [3.8, 4) is 23.0 Å². The van der Waals surface area contributed by atoms with Gasteiger partial charge in [0.25, 0.3) is 0 Å². The zero-order valence-corrected chi connectivity index (χ0v) is 44.8. The highest BCUT2D eigenvalue weighted by molar-refractivity contribution is 8.26. The Kier molecular flexibility index (Phi) is 8.89. The summed E-state index contributed by atoms with van der Waals surface area (Å²) < 4.78 is 15.0. The Morgan fingerprint density at radius 3 is 1.07 bits per heavy atom. The lowest BCUT2D eigenvalue weighted by Crippen LogP contribution is -2.49. The van der Waals surface area contributed by atoms with E-state index in [2.05, 4.69) is 224 Å². The molecule has 0 amide bonds. The minimum absolute atomic E-state index is 0.00163. The molecule has 0 aromatic heterocycles. The molecule has 346 valence electrons. The van der Waals surface area contributed by atoms with Crippen molar-refractivity contribution in [1.29, 1.82) is 0 Å². The number of ether oxygens (including phenoxy) is 2. The summed E-state index contributed by atoms with van der Waals surface area (Å²) in [6.45, 7) is 41.5. The van der Waals surface area contributed by atoms with Crippen molar-refractivity contribution in [2.45, 2.75) is 157 Å². The monoisotopic (exact) mass is 925 g/mol. The van der Waals surface area contributed by atoms with Gasteiger partial charge in [0, 0.05) is 32.7 Å². The Labute approximate surface area is 405 Å². The highest BCUT2D eigenvalue weighted by atomic mass is 32.4. The lowest BCUT2D eigenvalue weighted by atomic mass is 9.82. The van der Waals surface area contributed by atoms with Gasteiger partial charge in [-0.3, -0.25) is 0 Å². The minimum atomic E-state index is -2.93. The van der Waals surface area contributed by atoms with Gasteiger partial charge in [-0.1, -0.05) is 161 Å². The maximum atomic E-state index is 7.79. The first-order chi connectivity index (χ1) is 30.9. The number of hydrogen-bond acceptors (Lipinski definition) is 6. The molecule has 0 saturated heterocycles. The molecule has 11 rings (SSSR count). The lowest BCUT2D eigenvalue weighted by molar-refractivity contribution is 0.448. The molecule has 5 heterocycles. The fourth-order valence-electron chi connectivity index (χ4n) is 11.0. The number of hydrogen-bond donors (Lipinski definition) is 0. The van der Waals surface area contributed by atoms with Gasteiger partial charge in [-0.15, -0.1) is 0 Å². The molecule has 0 bridgehead atoms. The van der Waals surface area contributed by atoms with Crippen molar-refractivity contribution in [3.05, 3.63) is 118 Å². The number of nitrogens with zero attached hydrogens (tertiary/aromatic N) is 3. The van der Waals surface area contributed by atoms with E-state index in [-0.39, 0.29) is 32.5 Å². The molecule has 0 aliphatic carbocycles. The smallest absolute Gasteiger partial charge is 0.156 e. The first-order valence-corrected chi connectivity index (χ1v) is 27.1. The van der Waals surface area contributed by atoms with Gasteiger partial charge < -0.3 is 24.2 Å². The van der Waals surface area contributed by atoms with E-state index < -0.39 is 6.04 Å². The third-order valence-corrected chi connectivity index (χ3v) is 19.7. The zero-order chi connectivity index (χ0) is 48.2. The molecule has 7 heteroatoms. The van der Waals surface area contributed by atoms with Crippen LogP contribution in [0.25, 0.3) is 0 Å². The van der Waals surface area contributed by atoms with E-state index in [1.807, 2.05) is 0 Å². The summed E-state index contributed by atoms with van der Waals surface area (Å²) in [6, 6.07) is 30.0. The van der Waals surface area contributed by atoms with Crippen molar-refractivity contribution in [3.63, 3.8) is 0 Å². The maximum Gasteiger partial charge on any atom is 0.156 e. The largest absolute Gasteiger partial charge is 0.453 e. The Morgan fingerprint density at radius 2 is 0.716 bits per heavy atom. The van der Waals surface area contributed by atoms with Gasteiger partial charge in [-0.05, 0) is 115 Å². The summed E-state index contributed by atoms with van der Waals surface area (Å²) in [5.74, 6) is 3.57. The topological polar surface area (TPSA) is 28.2 Å². The molecule has 5 nitrogen and oxygen atoms in total. The van der Waals surface area contributed by atoms with Crippen LogP contribution >= 0.6 is 6.04 Å². The second-order valence-corrected chi connectivity index (χ2v) is 30.2. The molecule has 5 aliphatic heterocycles. The number of benzene rings is 6. The summed E-state index contributed by atoms with van der Waals surface area (Å²) in [5.41, 5.74) is 16.4. The highest BCUT2D eigenvalue weighted by Crippen LogP contribution is 2.73. The third kappa shape index (κ3) is 6.20. The van der Waals surface area contributed by atoms with Crippen LogP contribution in [0.15, 0.2) is 84.9 Å². The van der Waals surface area contributed by atoms with Crippen molar-refractivity contribution >= 4 is 84.9 Å². The van der Waals surface area contributed by atoms with Crippen LogP contribution in [0.3, 0.4) is 0 Å². The van der Waals surface area contributed by atoms with E-state index in [1.165, 1.54) is 38.2 Å². The second-order valence-electron chi connectivity index (χ2n) is 26.0. The van der Waals surface area contributed by atoms with Crippen LogP contribution in [0.5, 0.6) is 23.0 Å². The van der Waals surface area contributed by atoms with Crippen molar-refractivity contribution in [2.24, 2.45) is 0 Å². The molecule has 0 radical (unpaired) electrons. The zero-order valence-electron chi connectivity index (χ0n) is 43.1. The van der Waals surface area contributed by atoms with Gasteiger partial charge in [-0.25, -0.2) is 0 Å². The van der Waals surface area contributed by atoms with Crippen LogP contribution in [0.1, 0.15) is 158 Å². The van der Waals surface area contributed by atoms with Crippen LogP contribution in [-0.4, -0.2) is 0 Å². The fraction of sp³-hybridized carbons (Fsp3) is 0.400. The van der Waals surface area contributed by atoms with E-state index in [0.29, 0.717) is 0 Å². The average molecular weight is 926 g/mol. The maximum absolute atomic E-state index is 7.79. The Balaban J connectivity index is 1.37. The van der Waals surface area contributed by atoms with Gasteiger partial charge >= 0.3 is 0 Å². The molecular weight excluding hydrogens is 858 g/mol. The molecule has 0 saturated carbocycles. The van der Waals surface area contributed by atoms with Crippen LogP contribution in [0.4, 0.5) is 51.2 Å². The summed E-state index contributed by atoms with van der Waals surface area (Å²) in [5, 5.41) is 3.63. The lowest BCUT2D eigenvalue weighted by Gasteiger charge is -2.55. The summed E-state index contributed by atoms with van der Waals surface area (Å²) in [4.78, 5) is 7.69. The van der Waals surface area contributed by atoms with Crippen LogP contribution in [0, 0.1) is 0 Å². The van der Waals surface area contributed by atoms with Crippen molar-refractivity contribution in [2.75, 3.05) is 14.7 Å². The average Bonchev–Trinajstić information content (AvgIpc) is 3.21. The van der Waals surface area contributed by atoms with Crippen molar-refractivity contribution < 1.29 is 9.47 Å². The molecule has 6 aromatic rings. The molecule has 67 heavy (non-hydrogen) atoms. The first kappa shape index (κ1) is 44.5. The third-order valence-electron chi connectivity index (χ3n) is 14.9. The van der Waals surface area contributed by atoms with E-state index in [9.17, 15) is 0 Å². The van der Waals surface area contributed by atoms with Crippen molar-refractivity contribution in [1.82, 2.24) is 0 Å². The van der Waals surface area contributed by atoms with Crippen LogP contribution < -0.4 is 40.1 Å². The fourth-order valence-corrected chi connectivity index (χ4v) is 16.2. The van der Waals surface area contributed by atoms with E-state index >= 15 is 0 Å². The summed E-state index contributed by atoms with van der Waals surface area (Å²) in [6.07, 6.45) is 0. The predicted octanol–water partition coefficient (Wildman–Crippen LogP) is 16.8. The highest BCUT2D eigenvalue weighted by Gasteiger charge is 2.57. The van der Waals surface area contributed by atoms with Crippen LogP contribution in [-0.2, 0) is 44.3 Å². The van der Waals surface area contributed by atoms with Gasteiger partial charge in [-0.2, -0.15) is 0 Å². The number of rotatable bonds is 1. The Bertz CT molecular complexity index is 3050. The normalized spacial score (nSPS) is 16.2. The van der Waals surface area contributed by atoms with Gasteiger partial charge in [0.05, 0.1) is 40.2 Å². The number of fused-ring (bicyclic) bond motifs is 6. The van der Waals surface area contributed by atoms with E-state index in [1.54, 1.807) is 0 Å².